The Balaban J connectivity index is 2.41. The first-order chi connectivity index (χ1) is 7.52. The van der Waals surface area contributed by atoms with Crippen LogP contribution in [0.1, 0.15) is 13.8 Å². The Morgan fingerprint density at radius 3 is 2.88 bits per heavy atom. The van der Waals surface area contributed by atoms with Gasteiger partial charge in [-0.25, -0.2) is 4.68 Å². The Morgan fingerprint density at radius 2 is 2.19 bits per heavy atom. The molecule has 1 aromatic carbocycles. The van der Waals surface area contributed by atoms with E-state index in [1.54, 1.807) is 30.0 Å². The molecule has 0 aliphatic rings. The smallest absolute Gasteiger partial charge is 0.117 e. The van der Waals surface area contributed by atoms with Gasteiger partial charge in [-0.3, -0.25) is 0 Å². The topological polar surface area (TPSA) is 60.2 Å². The van der Waals surface area contributed by atoms with E-state index >= 15 is 0 Å². The van der Waals surface area contributed by atoms with Gasteiger partial charge >= 0.3 is 0 Å². The summed E-state index contributed by atoms with van der Waals surface area (Å²) in [6.07, 6.45) is 0. The van der Waals surface area contributed by atoms with E-state index in [1.165, 1.54) is 0 Å². The van der Waals surface area contributed by atoms with Crippen LogP contribution in [-0.4, -0.2) is 32.8 Å². The van der Waals surface area contributed by atoms with Crippen molar-refractivity contribution in [2.75, 3.05) is 7.11 Å². The van der Waals surface area contributed by atoms with Crippen LogP contribution in [0.3, 0.4) is 0 Å². The van der Waals surface area contributed by atoms with Gasteiger partial charge in [0.1, 0.15) is 11.3 Å². The fourth-order valence-electron chi connectivity index (χ4n) is 1.50. The summed E-state index contributed by atoms with van der Waals surface area (Å²) in [7, 11) is 1.66. The van der Waals surface area contributed by atoms with Crippen LogP contribution in [0.4, 0.5) is 0 Å². The molecule has 5 nitrogen and oxygen atoms in total. The normalized spacial score (nSPS) is 12.2. The van der Waals surface area contributed by atoms with Gasteiger partial charge in [0, 0.05) is 13.2 Å². The molecule has 1 aromatic heterocycles. The predicted octanol–water partition coefficient (Wildman–Crippen LogP) is 1.56. The lowest BCUT2D eigenvalue weighted by Crippen LogP contribution is -2.29. The first-order valence-corrected chi connectivity index (χ1v) is 5.09. The molecule has 0 bridgehead atoms. The number of nitrogens with zero attached hydrogens (tertiary/aromatic N) is 3. The predicted molar refractivity (Wildman–Crippen MR) is 60.3 cm³/mol. The highest BCUT2D eigenvalue weighted by molar-refractivity contribution is 5.75. The van der Waals surface area contributed by atoms with Crippen molar-refractivity contribution in [1.82, 2.24) is 15.0 Å². The third-order valence-corrected chi connectivity index (χ3v) is 2.58. The highest BCUT2D eigenvalue weighted by Gasteiger charge is 2.19. The lowest BCUT2D eigenvalue weighted by Gasteiger charge is -2.22. The SMILES string of the molecule is COC(C)(C)Cn1nnc2ccc(O)cc21. The largest absolute Gasteiger partial charge is 0.508 e. The van der Waals surface area contributed by atoms with Crippen molar-refractivity contribution in [1.29, 1.82) is 0 Å². The molecule has 5 heteroatoms. The molecule has 0 atom stereocenters. The van der Waals surface area contributed by atoms with Crippen LogP contribution in [-0.2, 0) is 11.3 Å². The Labute approximate surface area is 93.6 Å². The molecule has 86 valence electrons. The maximum Gasteiger partial charge on any atom is 0.117 e. The van der Waals surface area contributed by atoms with Crippen molar-refractivity contribution >= 4 is 11.0 Å². The maximum atomic E-state index is 9.43. The van der Waals surface area contributed by atoms with Crippen molar-refractivity contribution in [3.63, 3.8) is 0 Å². The number of benzene rings is 1. The first-order valence-electron chi connectivity index (χ1n) is 5.09. The van der Waals surface area contributed by atoms with Crippen LogP contribution in [0.15, 0.2) is 18.2 Å². The minimum Gasteiger partial charge on any atom is -0.508 e. The van der Waals surface area contributed by atoms with Gasteiger partial charge in [-0.2, -0.15) is 0 Å². The van der Waals surface area contributed by atoms with E-state index < -0.39 is 0 Å². The lowest BCUT2D eigenvalue weighted by atomic mass is 10.1. The highest BCUT2D eigenvalue weighted by atomic mass is 16.5. The number of rotatable bonds is 3. The molecule has 2 rings (SSSR count). The zero-order valence-electron chi connectivity index (χ0n) is 9.64. The van der Waals surface area contributed by atoms with E-state index in [1.807, 2.05) is 13.8 Å². The molecule has 16 heavy (non-hydrogen) atoms. The van der Waals surface area contributed by atoms with Crippen molar-refractivity contribution in [3.05, 3.63) is 18.2 Å². The molecule has 0 spiro atoms. The van der Waals surface area contributed by atoms with E-state index in [0.29, 0.717) is 6.54 Å². The van der Waals surface area contributed by atoms with Gasteiger partial charge in [0.15, 0.2) is 0 Å². The molecule has 1 N–H and O–H groups in total. The highest BCUT2D eigenvalue weighted by Crippen LogP contribution is 2.20. The van der Waals surface area contributed by atoms with Gasteiger partial charge in [-0.05, 0) is 26.0 Å². The van der Waals surface area contributed by atoms with E-state index in [-0.39, 0.29) is 11.4 Å². The molecule has 0 saturated heterocycles. The van der Waals surface area contributed by atoms with Crippen LogP contribution >= 0.6 is 0 Å². The summed E-state index contributed by atoms with van der Waals surface area (Å²) in [5.74, 6) is 0.214. The molecular weight excluding hydrogens is 206 g/mol. The zero-order valence-corrected chi connectivity index (χ0v) is 9.64. The second-order valence-electron chi connectivity index (χ2n) is 4.38. The van der Waals surface area contributed by atoms with Crippen LogP contribution in [0.25, 0.3) is 11.0 Å². The van der Waals surface area contributed by atoms with Gasteiger partial charge in [-0.1, -0.05) is 5.21 Å². The summed E-state index contributed by atoms with van der Waals surface area (Å²) in [5.41, 5.74) is 1.27. The molecule has 0 fully saturated rings. The molecule has 0 aliphatic heterocycles. The molecular formula is C11H15N3O2. The average Bonchev–Trinajstić information content (AvgIpc) is 2.61. The van der Waals surface area contributed by atoms with Gasteiger partial charge in [0.05, 0.1) is 17.7 Å². The summed E-state index contributed by atoms with van der Waals surface area (Å²) >= 11 is 0. The number of hydrogen-bond acceptors (Lipinski definition) is 4. The van der Waals surface area contributed by atoms with Crippen LogP contribution < -0.4 is 0 Å². The molecule has 0 radical (unpaired) electrons. The van der Waals surface area contributed by atoms with Crippen molar-refractivity contribution < 1.29 is 9.84 Å². The van der Waals surface area contributed by atoms with E-state index in [9.17, 15) is 5.11 Å². The molecule has 0 aliphatic carbocycles. The Bertz CT molecular complexity index is 505. The molecule has 0 unspecified atom stereocenters. The van der Waals surface area contributed by atoms with Crippen LogP contribution in [0.5, 0.6) is 5.75 Å². The molecule has 0 saturated carbocycles. The van der Waals surface area contributed by atoms with Crippen molar-refractivity contribution in [2.45, 2.75) is 26.0 Å². The number of phenols is 1. The zero-order chi connectivity index (χ0) is 11.8. The minimum absolute atomic E-state index is 0.214. The van der Waals surface area contributed by atoms with E-state index in [0.717, 1.165) is 11.0 Å². The second kappa shape index (κ2) is 3.75. The number of fused-ring (bicyclic) bond motifs is 1. The van der Waals surface area contributed by atoms with Crippen molar-refractivity contribution in [2.24, 2.45) is 0 Å². The third kappa shape index (κ3) is 1.99. The molecule has 1 heterocycles. The van der Waals surface area contributed by atoms with E-state index in [2.05, 4.69) is 10.3 Å². The number of aromatic nitrogens is 3. The summed E-state index contributed by atoms with van der Waals surface area (Å²) in [6.45, 7) is 4.54. The minimum atomic E-state index is -0.313. The van der Waals surface area contributed by atoms with Crippen LogP contribution in [0, 0.1) is 0 Å². The number of ether oxygens (including phenoxy) is 1. The fourth-order valence-corrected chi connectivity index (χ4v) is 1.50. The van der Waals surface area contributed by atoms with E-state index in [4.69, 9.17) is 4.74 Å². The summed E-state index contributed by atoms with van der Waals surface area (Å²) in [5, 5.41) is 17.5. The van der Waals surface area contributed by atoms with Gasteiger partial charge in [0.2, 0.25) is 0 Å². The maximum absolute atomic E-state index is 9.43. The summed E-state index contributed by atoms with van der Waals surface area (Å²) in [6, 6.07) is 5.00. The molecule has 2 aromatic rings. The Hall–Kier alpha value is -1.62. The summed E-state index contributed by atoms with van der Waals surface area (Å²) in [4.78, 5) is 0. The average molecular weight is 221 g/mol. The third-order valence-electron chi connectivity index (χ3n) is 2.58. The Kier molecular flexibility index (Phi) is 2.55. The standard InChI is InChI=1S/C11H15N3O2/c1-11(2,16-3)7-14-10-6-8(15)4-5-9(10)12-13-14/h4-6,15H,7H2,1-3H3. The van der Waals surface area contributed by atoms with Gasteiger partial charge < -0.3 is 9.84 Å². The summed E-state index contributed by atoms with van der Waals surface area (Å²) < 4.78 is 7.07. The molecule has 0 amide bonds. The van der Waals surface area contributed by atoms with Crippen LogP contribution in [0.2, 0.25) is 0 Å². The van der Waals surface area contributed by atoms with Gasteiger partial charge in [0.25, 0.3) is 0 Å². The Morgan fingerprint density at radius 1 is 1.44 bits per heavy atom. The lowest BCUT2D eigenvalue weighted by molar-refractivity contribution is 0.00600. The number of aromatic hydroxyl groups is 1. The van der Waals surface area contributed by atoms with Gasteiger partial charge in [-0.15, -0.1) is 5.10 Å². The van der Waals surface area contributed by atoms with Crippen molar-refractivity contribution in [3.8, 4) is 5.75 Å². The first kappa shape index (κ1) is 10.9. The number of methoxy groups -OCH3 is 1. The number of phenolic OH excluding ortho intramolecular Hbond substituents is 1. The quantitative estimate of drug-likeness (QED) is 0.854. The fraction of sp³-hybridized carbons (Fsp3) is 0.455. The monoisotopic (exact) mass is 221 g/mol. The second-order valence-corrected chi connectivity index (χ2v) is 4.38. The number of hydrogen-bond donors (Lipinski definition) is 1.